The van der Waals surface area contributed by atoms with Crippen molar-refractivity contribution in [2.75, 3.05) is 31.7 Å². The van der Waals surface area contributed by atoms with E-state index in [-0.39, 0.29) is 0 Å². The first-order chi connectivity index (χ1) is 9.60. The van der Waals surface area contributed by atoms with Crippen LogP contribution in [0.3, 0.4) is 0 Å². The Bertz CT molecular complexity index is 516. The monoisotopic (exact) mass is 295 g/mol. The molecular formula is C15H18ClNO3. The van der Waals surface area contributed by atoms with Gasteiger partial charge < -0.3 is 14.7 Å². The molecule has 0 spiro atoms. The van der Waals surface area contributed by atoms with Gasteiger partial charge in [0.15, 0.2) is 0 Å². The van der Waals surface area contributed by atoms with Gasteiger partial charge in [0.05, 0.1) is 6.61 Å². The lowest BCUT2D eigenvalue weighted by Crippen LogP contribution is -2.21. The fourth-order valence-corrected chi connectivity index (χ4v) is 2.71. The van der Waals surface area contributed by atoms with Crippen LogP contribution < -0.4 is 4.90 Å². The van der Waals surface area contributed by atoms with Gasteiger partial charge in [0, 0.05) is 42.9 Å². The highest BCUT2D eigenvalue weighted by atomic mass is 35.5. The molecule has 0 aliphatic carbocycles. The number of anilines is 1. The average Bonchev–Trinajstić information content (AvgIpc) is 2.85. The Balaban J connectivity index is 2.21. The summed E-state index contributed by atoms with van der Waals surface area (Å²) in [4.78, 5) is 12.9. The van der Waals surface area contributed by atoms with Crippen LogP contribution >= 0.6 is 11.6 Å². The highest BCUT2D eigenvalue weighted by molar-refractivity contribution is 6.30. The SMILES string of the molecule is COCC1CCN(c2ccc(Cl)cc2/C=C/C(=O)O)C1. The van der Waals surface area contributed by atoms with Crippen molar-refractivity contribution in [1.82, 2.24) is 0 Å². The normalized spacial score (nSPS) is 18.9. The molecule has 1 aliphatic heterocycles. The Morgan fingerprint density at radius 2 is 2.40 bits per heavy atom. The third kappa shape index (κ3) is 3.74. The van der Waals surface area contributed by atoms with E-state index in [0.717, 1.165) is 43.4 Å². The van der Waals surface area contributed by atoms with Gasteiger partial charge in [-0.2, -0.15) is 0 Å². The van der Waals surface area contributed by atoms with Crippen LogP contribution in [0.4, 0.5) is 5.69 Å². The van der Waals surface area contributed by atoms with Crippen molar-refractivity contribution < 1.29 is 14.6 Å². The van der Waals surface area contributed by atoms with Gasteiger partial charge in [-0.05, 0) is 36.3 Å². The highest BCUT2D eigenvalue weighted by Crippen LogP contribution is 2.30. The summed E-state index contributed by atoms with van der Waals surface area (Å²) in [6.07, 6.45) is 3.81. The third-order valence-corrected chi connectivity index (χ3v) is 3.66. The summed E-state index contributed by atoms with van der Waals surface area (Å²) in [6.45, 7) is 2.62. The highest BCUT2D eigenvalue weighted by Gasteiger charge is 2.23. The van der Waals surface area contributed by atoms with Crippen LogP contribution in [0.15, 0.2) is 24.3 Å². The van der Waals surface area contributed by atoms with Crippen molar-refractivity contribution in [2.24, 2.45) is 5.92 Å². The Morgan fingerprint density at radius 3 is 3.10 bits per heavy atom. The molecule has 2 rings (SSSR count). The number of hydrogen-bond donors (Lipinski definition) is 1. The Morgan fingerprint density at radius 1 is 1.60 bits per heavy atom. The van der Waals surface area contributed by atoms with E-state index in [4.69, 9.17) is 21.4 Å². The predicted octanol–water partition coefficient (Wildman–Crippen LogP) is 2.91. The summed E-state index contributed by atoms with van der Waals surface area (Å²) >= 11 is 6.00. The molecule has 5 heteroatoms. The number of halogens is 1. The van der Waals surface area contributed by atoms with Crippen molar-refractivity contribution in [2.45, 2.75) is 6.42 Å². The summed E-state index contributed by atoms with van der Waals surface area (Å²) in [5, 5.41) is 9.37. The molecule has 1 saturated heterocycles. The molecule has 0 saturated carbocycles. The first kappa shape index (κ1) is 14.9. The maximum atomic E-state index is 10.7. The zero-order chi connectivity index (χ0) is 14.5. The van der Waals surface area contributed by atoms with Crippen LogP contribution in [0.5, 0.6) is 0 Å². The van der Waals surface area contributed by atoms with Gasteiger partial charge in [-0.25, -0.2) is 4.79 Å². The number of methoxy groups -OCH3 is 1. The fraction of sp³-hybridized carbons (Fsp3) is 0.400. The molecule has 4 nitrogen and oxygen atoms in total. The van der Waals surface area contributed by atoms with Gasteiger partial charge in [-0.15, -0.1) is 0 Å². The average molecular weight is 296 g/mol. The number of carboxylic acid groups (broad SMARTS) is 1. The molecule has 1 atom stereocenters. The quantitative estimate of drug-likeness (QED) is 0.849. The second kappa shape index (κ2) is 6.77. The summed E-state index contributed by atoms with van der Waals surface area (Å²) in [5.74, 6) is -0.443. The van der Waals surface area contributed by atoms with Crippen LogP contribution in [0.2, 0.25) is 5.02 Å². The van der Waals surface area contributed by atoms with Crippen LogP contribution in [0, 0.1) is 5.92 Å². The molecule has 1 aromatic rings. The van der Waals surface area contributed by atoms with Gasteiger partial charge in [0.2, 0.25) is 0 Å². The molecule has 1 aromatic carbocycles. The zero-order valence-electron chi connectivity index (χ0n) is 11.4. The molecule has 0 radical (unpaired) electrons. The second-order valence-electron chi connectivity index (χ2n) is 4.93. The van der Waals surface area contributed by atoms with Crippen molar-refractivity contribution in [3.05, 3.63) is 34.9 Å². The standard InChI is InChI=1S/C15H18ClNO3/c1-20-10-11-6-7-17(9-11)14-4-3-13(16)8-12(14)2-5-15(18)19/h2-5,8,11H,6-7,9-10H2,1H3,(H,18,19)/b5-2+. The maximum absolute atomic E-state index is 10.7. The second-order valence-corrected chi connectivity index (χ2v) is 5.37. The molecule has 1 fully saturated rings. The number of carbonyl (C=O) groups is 1. The lowest BCUT2D eigenvalue weighted by Gasteiger charge is -2.21. The van der Waals surface area contributed by atoms with E-state index in [9.17, 15) is 4.79 Å². The molecule has 1 N–H and O–H groups in total. The van der Waals surface area contributed by atoms with Gasteiger partial charge in [-0.1, -0.05) is 11.6 Å². The topological polar surface area (TPSA) is 49.8 Å². The Labute approximate surface area is 123 Å². The maximum Gasteiger partial charge on any atom is 0.328 e. The molecule has 0 amide bonds. The lowest BCUT2D eigenvalue weighted by atomic mass is 10.1. The van der Waals surface area contributed by atoms with E-state index < -0.39 is 5.97 Å². The van der Waals surface area contributed by atoms with Crippen molar-refractivity contribution in [3.63, 3.8) is 0 Å². The number of rotatable bonds is 5. The van der Waals surface area contributed by atoms with Gasteiger partial charge in [-0.3, -0.25) is 0 Å². The van der Waals surface area contributed by atoms with E-state index in [0.29, 0.717) is 10.9 Å². The van der Waals surface area contributed by atoms with Crippen molar-refractivity contribution >= 4 is 29.3 Å². The summed E-state index contributed by atoms with van der Waals surface area (Å²) in [7, 11) is 1.71. The van der Waals surface area contributed by atoms with E-state index in [2.05, 4.69) is 4.90 Å². The number of carboxylic acids is 1. The van der Waals surface area contributed by atoms with E-state index in [1.165, 1.54) is 0 Å². The number of ether oxygens (including phenoxy) is 1. The molecular weight excluding hydrogens is 278 g/mol. The molecule has 0 aromatic heterocycles. The van der Waals surface area contributed by atoms with Crippen molar-refractivity contribution in [3.8, 4) is 0 Å². The largest absolute Gasteiger partial charge is 0.478 e. The number of aliphatic carboxylic acids is 1. The number of nitrogens with zero attached hydrogens (tertiary/aromatic N) is 1. The first-order valence-electron chi connectivity index (χ1n) is 6.54. The summed E-state index contributed by atoms with van der Waals surface area (Å²) in [5.41, 5.74) is 1.85. The van der Waals surface area contributed by atoms with E-state index >= 15 is 0 Å². The third-order valence-electron chi connectivity index (χ3n) is 3.42. The minimum Gasteiger partial charge on any atom is -0.478 e. The van der Waals surface area contributed by atoms with Crippen LogP contribution in [-0.4, -0.2) is 37.9 Å². The van der Waals surface area contributed by atoms with Gasteiger partial charge in [0.1, 0.15) is 0 Å². The van der Waals surface area contributed by atoms with Crippen LogP contribution in [0.1, 0.15) is 12.0 Å². The molecule has 0 bridgehead atoms. The van der Waals surface area contributed by atoms with Crippen molar-refractivity contribution in [1.29, 1.82) is 0 Å². The zero-order valence-corrected chi connectivity index (χ0v) is 12.1. The predicted molar refractivity (Wildman–Crippen MR) is 80.3 cm³/mol. The molecule has 1 heterocycles. The van der Waals surface area contributed by atoms with E-state index in [1.807, 2.05) is 12.1 Å². The van der Waals surface area contributed by atoms with Crippen LogP contribution in [-0.2, 0) is 9.53 Å². The van der Waals surface area contributed by atoms with Crippen LogP contribution in [0.25, 0.3) is 6.08 Å². The fourth-order valence-electron chi connectivity index (χ4n) is 2.53. The first-order valence-corrected chi connectivity index (χ1v) is 6.92. The number of hydrogen-bond acceptors (Lipinski definition) is 3. The Kier molecular flexibility index (Phi) is 5.04. The minimum absolute atomic E-state index is 0.520. The smallest absolute Gasteiger partial charge is 0.328 e. The summed E-state index contributed by atoms with van der Waals surface area (Å²) in [6, 6.07) is 5.57. The van der Waals surface area contributed by atoms with Gasteiger partial charge >= 0.3 is 5.97 Å². The molecule has 20 heavy (non-hydrogen) atoms. The number of benzene rings is 1. The molecule has 108 valence electrons. The minimum atomic E-state index is -0.963. The summed E-state index contributed by atoms with van der Waals surface area (Å²) < 4.78 is 5.20. The Hall–Kier alpha value is -1.52. The molecule has 1 unspecified atom stereocenters. The van der Waals surface area contributed by atoms with E-state index in [1.54, 1.807) is 19.3 Å². The van der Waals surface area contributed by atoms with Gasteiger partial charge in [0.25, 0.3) is 0 Å². The lowest BCUT2D eigenvalue weighted by molar-refractivity contribution is -0.131. The molecule has 1 aliphatic rings.